The van der Waals surface area contributed by atoms with Crippen molar-refractivity contribution in [1.82, 2.24) is 0 Å². The summed E-state index contributed by atoms with van der Waals surface area (Å²) in [5.74, 6) is 0.203. The summed E-state index contributed by atoms with van der Waals surface area (Å²) in [7, 11) is 0. The molecule has 0 N–H and O–H groups in total. The maximum Gasteiger partial charge on any atom is 0.167 e. The number of fused-ring (bicyclic) bond motifs is 2. The van der Waals surface area contributed by atoms with Gasteiger partial charge in [0.15, 0.2) is 5.78 Å². The van der Waals surface area contributed by atoms with Gasteiger partial charge in [-0.1, -0.05) is 96.3 Å². The Morgan fingerprint density at radius 3 is 1.59 bits per heavy atom. The maximum absolute atomic E-state index is 11.5. The van der Waals surface area contributed by atoms with Gasteiger partial charge in [-0.05, 0) is 29.8 Å². The van der Waals surface area contributed by atoms with Crippen LogP contribution in [-0.4, -0.2) is 5.78 Å². The van der Waals surface area contributed by atoms with Crippen LogP contribution in [0.25, 0.3) is 5.57 Å². The van der Waals surface area contributed by atoms with Crippen molar-refractivity contribution in [3.8, 4) is 0 Å². The van der Waals surface area contributed by atoms with Gasteiger partial charge in [0.2, 0.25) is 0 Å². The lowest BCUT2D eigenvalue weighted by molar-refractivity contribution is -0.113. The molecule has 0 bridgehead atoms. The van der Waals surface area contributed by atoms with Crippen LogP contribution >= 0.6 is 23.5 Å². The first-order valence-electron chi connectivity index (χ1n) is 8.80. The summed E-state index contributed by atoms with van der Waals surface area (Å²) in [6.45, 7) is 0. The van der Waals surface area contributed by atoms with Gasteiger partial charge in [-0.25, -0.2) is 0 Å². The molecule has 0 unspecified atom stereocenters. The molecule has 0 saturated carbocycles. The molecule has 0 fully saturated rings. The van der Waals surface area contributed by atoms with Crippen LogP contribution in [0.4, 0.5) is 0 Å². The Morgan fingerprint density at radius 2 is 1.11 bits per heavy atom. The molecule has 27 heavy (non-hydrogen) atoms. The fourth-order valence-electron chi connectivity index (χ4n) is 2.89. The molecule has 1 aliphatic heterocycles. The lowest BCUT2D eigenvalue weighted by Crippen LogP contribution is -2.02. The first-order valence-corrected chi connectivity index (χ1v) is 10.4. The Balaban J connectivity index is 0.000000134. The zero-order chi connectivity index (χ0) is 18.5. The quantitative estimate of drug-likeness (QED) is 0.354. The molecular formula is C24H18OS2. The minimum atomic E-state index is 0.203. The predicted octanol–water partition coefficient (Wildman–Crippen LogP) is 6.90. The SMILES string of the molecule is O=C1CC=CC=C1c1ccccc1.c1ccc2c(c1)Sc1ccccc1S2. The van der Waals surface area contributed by atoms with Crippen molar-refractivity contribution in [1.29, 1.82) is 0 Å². The molecule has 5 rings (SSSR count). The van der Waals surface area contributed by atoms with Crippen molar-refractivity contribution < 1.29 is 4.79 Å². The lowest BCUT2D eigenvalue weighted by atomic mass is 9.96. The highest BCUT2D eigenvalue weighted by molar-refractivity contribution is 8.05. The Bertz CT molecular complexity index is 932. The zero-order valence-electron chi connectivity index (χ0n) is 14.7. The standard InChI is InChI=1S/C12H10O.C12H8S2/c13-12-9-5-4-8-11(12)10-6-2-1-3-7-10;1-2-6-10-9(5-1)13-11-7-3-4-8-12(11)14-10/h1-8H,9H2;1-8H. The van der Waals surface area contributed by atoms with E-state index in [-0.39, 0.29) is 5.78 Å². The highest BCUT2D eigenvalue weighted by atomic mass is 32.2. The molecule has 1 nitrogen and oxygen atoms in total. The number of hydrogen-bond acceptors (Lipinski definition) is 3. The van der Waals surface area contributed by atoms with Crippen molar-refractivity contribution in [2.24, 2.45) is 0 Å². The maximum atomic E-state index is 11.5. The monoisotopic (exact) mass is 386 g/mol. The smallest absolute Gasteiger partial charge is 0.167 e. The molecule has 1 aliphatic carbocycles. The molecule has 0 saturated heterocycles. The fourth-order valence-corrected chi connectivity index (χ4v) is 5.13. The van der Waals surface area contributed by atoms with Gasteiger partial charge < -0.3 is 0 Å². The zero-order valence-corrected chi connectivity index (χ0v) is 16.3. The van der Waals surface area contributed by atoms with Gasteiger partial charge in [-0.15, -0.1) is 0 Å². The summed E-state index contributed by atoms with van der Waals surface area (Å²) in [5, 5.41) is 0. The average molecular weight is 387 g/mol. The number of benzene rings is 3. The number of Topliss-reactive ketones (excluding diaryl/α,β-unsaturated/α-hetero) is 1. The van der Waals surface area contributed by atoms with Crippen LogP contribution < -0.4 is 0 Å². The molecule has 132 valence electrons. The van der Waals surface area contributed by atoms with Crippen molar-refractivity contribution in [2.75, 3.05) is 0 Å². The van der Waals surface area contributed by atoms with Crippen LogP contribution in [0.15, 0.2) is 117 Å². The molecule has 0 spiro atoms. The van der Waals surface area contributed by atoms with Crippen molar-refractivity contribution in [3.63, 3.8) is 0 Å². The van der Waals surface area contributed by atoms with Gasteiger partial charge in [0.1, 0.15) is 0 Å². The topological polar surface area (TPSA) is 17.1 Å². The number of ketones is 1. The van der Waals surface area contributed by atoms with E-state index < -0.39 is 0 Å². The molecule has 3 aromatic carbocycles. The van der Waals surface area contributed by atoms with Crippen molar-refractivity contribution >= 4 is 34.9 Å². The van der Waals surface area contributed by atoms with E-state index >= 15 is 0 Å². The summed E-state index contributed by atoms with van der Waals surface area (Å²) in [6.07, 6.45) is 6.22. The normalized spacial score (nSPS) is 14.4. The molecule has 1 heterocycles. The van der Waals surface area contributed by atoms with Crippen molar-refractivity contribution in [2.45, 2.75) is 26.0 Å². The molecule has 2 aliphatic rings. The minimum absolute atomic E-state index is 0.203. The summed E-state index contributed by atoms with van der Waals surface area (Å²) >= 11 is 3.72. The van der Waals surface area contributed by atoms with Gasteiger partial charge in [-0.3, -0.25) is 4.79 Å². The summed E-state index contributed by atoms with van der Waals surface area (Å²) in [6, 6.07) is 26.9. The fraction of sp³-hybridized carbons (Fsp3) is 0.0417. The number of rotatable bonds is 1. The third kappa shape index (κ3) is 4.26. The molecule has 0 radical (unpaired) electrons. The third-order valence-corrected chi connectivity index (χ3v) is 6.79. The van der Waals surface area contributed by atoms with E-state index in [4.69, 9.17) is 0 Å². The first kappa shape index (κ1) is 17.9. The Hall–Kier alpha value is -2.49. The number of carbonyl (C=O) groups excluding carboxylic acids is 1. The van der Waals surface area contributed by atoms with E-state index in [1.54, 1.807) is 0 Å². The Kier molecular flexibility index (Phi) is 5.61. The minimum Gasteiger partial charge on any atom is -0.294 e. The molecule has 3 aromatic rings. The van der Waals surface area contributed by atoms with Crippen LogP contribution in [-0.2, 0) is 4.79 Å². The molecule has 0 aromatic heterocycles. The van der Waals surface area contributed by atoms with Gasteiger partial charge in [0, 0.05) is 31.6 Å². The van der Waals surface area contributed by atoms with Gasteiger partial charge in [0.25, 0.3) is 0 Å². The van der Waals surface area contributed by atoms with E-state index in [1.165, 1.54) is 19.6 Å². The lowest BCUT2D eigenvalue weighted by Gasteiger charge is -2.17. The summed E-state index contributed by atoms with van der Waals surface area (Å²) in [4.78, 5) is 17.0. The molecule has 0 amide bonds. The third-order valence-electron chi connectivity index (χ3n) is 4.23. The summed E-state index contributed by atoms with van der Waals surface area (Å²) < 4.78 is 0. The highest BCUT2D eigenvalue weighted by Gasteiger charge is 2.15. The van der Waals surface area contributed by atoms with Gasteiger partial charge in [-0.2, -0.15) is 0 Å². The van der Waals surface area contributed by atoms with Gasteiger partial charge in [0.05, 0.1) is 0 Å². The average Bonchev–Trinajstić information content (AvgIpc) is 2.74. The van der Waals surface area contributed by atoms with Crippen LogP contribution in [0.1, 0.15) is 12.0 Å². The molecular weight excluding hydrogens is 368 g/mol. The van der Waals surface area contributed by atoms with Crippen LogP contribution in [0.2, 0.25) is 0 Å². The van der Waals surface area contributed by atoms with Crippen LogP contribution in [0.3, 0.4) is 0 Å². The number of hydrogen-bond donors (Lipinski definition) is 0. The second-order valence-corrected chi connectivity index (χ2v) is 8.27. The van der Waals surface area contributed by atoms with E-state index in [1.807, 2.05) is 72.1 Å². The van der Waals surface area contributed by atoms with E-state index in [0.717, 1.165) is 11.1 Å². The molecule has 3 heteroatoms. The largest absolute Gasteiger partial charge is 0.294 e. The van der Waals surface area contributed by atoms with Crippen LogP contribution in [0, 0.1) is 0 Å². The van der Waals surface area contributed by atoms with Crippen LogP contribution in [0.5, 0.6) is 0 Å². The number of carbonyl (C=O) groups is 1. The summed E-state index contributed by atoms with van der Waals surface area (Å²) in [5.41, 5.74) is 1.83. The van der Waals surface area contributed by atoms with Crippen molar-refractivity contribution in [3.05, 3.63) is 103 Å². The van der Waals surface area contributed by atoms with Gasteiger partial charge >= 0.3 is 0 Å². The molecule has 0 atom stereocenters. The van der Waals surface area contributed by atoms with E-state index in [0.29, 0.717) is 6.42 Å². The van der Waals surface area contributed by atoms with E-state index in [9.17, 15) is 4.79 Å². The predicted molar refractivity (Wildman–Crippen MR) is 114 cm³/mol. The van der Waals surface area contributed by atoms with E-state index in [2.05, 4.69) is 48.5 Å². The second kappa shape index (κ2) is 8.47. The first-order chi connectivity index (χ1) is 13.3. The Morgan fingerprint density at radius 1 is 0.630 bits per heavy atom. The Labute approximate surface area is 168 Å². The second-order valence-electron chi connectivity index (χ2n) is 6.10. The number of allylic oxidation sites excluding steroid dienone is 4. The highest BCUT2D eigenvalue weighted by Crippen LogP contribution is 2.47.